The lowest BCUT2D eigenvalue weighted by atomic mass is 9.86. The van der Waals surface area contributed by atoms with E-state index in [9.17, 15) is 0 Å². The van der Waals surface area contributed by atoms with E-state index in [-0.39, 0.29) is 0 Å². The van der Waals surface area contributed by atoms with E-state index in [1.54, 1.807) is 0 Å². The van der Waals surface area contributed by atoms with Crippen molar-refractivity contribution in [3.63, 3.8) is 0 Å². The van der Waals surface area contributed by atoms with Crippen LogP contribution in [-0.2, 0) is 19.4 Å². The van der Waals surface area contributed by atoms with Crippen molar-refractivity contribution in [3.8, 4) is 0 Å². The summed E-state index contributed by atoms with van der Waals surface area (Å²) in [5.74, 6) is 0.896. The van der Waals surface area contributed by atoms with E-state index < -0.39 is 0 Å². The maximum atomic E-state index is 4.74. The summed E-state index contributed by atoms with van der Waals surface area (Å²) in [6.07, 6.45) is 7.62. The predicted molar refractivity (Wildman–Crippen MR) is 81.4 cm³/mol. The van der Waals surface area contributed by atoms with Crippen LogP contribution in [0.1, 0.15) is 50.9 Å². The molecule has 0 aromatic carbocycles. The van der Waals surface area contributed by atoms with Crippen LogP contribution in [0.2, 0.25) is 0 Å². The molecule has 1 atom stereocenters. The van der Waals surface area contributed by atoms with E-state index in [0.29, 0.717) is 5.54 Å². The molecule has 0 bridgehead atoms. The van der Waals surface area contributed by atoms with E-state index in [0.717, 1.165) is 25.3 Å². The van der Waals surface area contributed by atoms with E-state index in [4.69, 9.17) is 5.10 Å². The zero-order chi connectivity index (χ0) is 13.5. The second kappa shape index (κ2) is 5.21. The van der Waals surface area contributed by atoms with Crippen LogP contribution in [-0.4, -0.2) is 21.9 Å². The lowest BCUT2D eigenvalue weighted by molar-refractivity contribution is 0.314. The van der Waals surface area contributed by atoms with Crippen LogP contribution < -0.4 is 5.32 Å². The first-order valence-electron chi connectivity index (χ1n) is 7.69. The Morgan fingerprint density at radius 2 is 2.21 bits per heavy atom. The summed E-state index contributed by atoms with van der Waals surface area (Å²) in [6, 6.07) is 0. The SMILES string of the molecule is CCc1nn(CC)c(CC2(C3CC3)CCCN2)c1Br. The number of nitrogens with one attached hydrogen (secondary N) is 1. The first-order valence-corrected chi connectivity index (χ1v) is 8.48. The van der Waals surface area contributed by atoms with Crippen LogP contribution in [0.5, 0.6) is 0 Å². The van der Waals surface area contributed by atoms with Gasteiger partial charge in [0.25, 0.3) is 0 Å². The Hall–Kier alpha value is -0.350. The third-order valence-corrected chi connectivity index (χ3v) is 5.73. The highest BCUT2D eigenvalue weighted by Crippen LogP contribution is 2.46. The summed E-state index contributed by atoms with van der Waals surface area (Å²) in [5, 5.41) is 8.57. The quantitative estimate of drug-likeness (QED) is 0.900. The fraction of sp³-hybridized carbons (Fsp3) is 0.800. The minimum Gasteiger partial charge on any atom is -0.311 e. The van der Waals surface area contributed by atoms with Crippen LogP contribution >= 0.6 is 15.9 Å². The Labute approximate surface area is 124 Å². The molecular formula is C15H24BrN3. The number of hydrogen-bond acceptors (Lipinski definition) is 2. The van der Waals surface area contributed by atoms with Crippen molar-refractivity contribution in [1.29, 1.82) is 0 Å². The van der Waals surface area contributed by atoms with Crippen LogP contribution in [0.3, 0.4) is 0 Å². The third-order valence-electron chi connectivity index (χ3n) is 4.81. The Bertz CT molecular complexity index is 456. The molecule has 1 unspecified atom stereocenters. The summed E-state index contributed by atoms with van der Waals surface area (Å²) < 4.78 is 3.46. The molecule has 1 aromatic heterocycles. The summed E-state index contributed by atoms with van der Waals surface area (Å²) in [6.45, 7) is 6.53. The molecule has 0 amide bonds. The van der Waals surface area contributed by atoms with Gasteiger partial charge in [0.2, 0.25) is 0 Å². The van der Waals surface area contributed by atoms with Crippen LogP contribution in [0.25, 0.3) is 0 Å². The maximum Gasteiger partial charge on any atom is 0.0766 e. The standard InChI is InChI=1S/C15H24BrN3/c1-3-12-14(16)13(19(4-2)18-12)10-15(11-6-7-11)8-5-9-17-15/h11,17H,3-10H2,1-2H3. The smallest absolute Gasteiger partial charge is 0.0766 e. The summed E-state index contributed by atoms with van der Waals surface area (Å²) >= 11 is 3.79. The van der Waals surface area contributed by atoms with Crippen molar-refractivity contribution < 1.29 is 0 Å². The molecule has 1 saturated heterocycles. The highest BCUT2D eigenvalue weighted by atomic mass is 79.9. The van der Waals surface area contributed by atoms with Gasteiger partial charge in [-0.3, -0.25) is 4.68 Å². The molecule has 1 aliphatic carbocycles. The average molecular weight is 326 g/mol. The van der Waals surface area contributed by atoms with E-state index in [1.807, 2.05) is 0 Å². The first kappa shape index (κ1) is 13.6. The molecular weight excluding hydrogens is 302 g/mol. The van der Waals surface area contributed by atoms with Gasteiger partial charge < -0.3 is 5.32 Å². The minimum absolute atomic E-state index is 0.362. The van der Waals surface area contributed by atoms with Crippen molar-refractivity contribution >= 4 is 15.9 Å². The fourth-order valence-corrected chi connectivity index (χ4v) is 4.30. The molecule has 0 spiro atoms. The van der Waals surface area contributed by atoms with Gasteiger partial charge in [0.15, 0.2) is 0 Å². The van der Waals surface area contributed by atoms with Gasteiger partial charge in [0.05, 0.1) is 15.9 Å². The summed E-state index contributed by atoms with van der Waals surface area (Å²) in [4.78, 5) is 0. The molecule has 3 rings (SSSR count). The highest BCUT2D eigenvalue weighted by Gasteiger charge is 2.47. The number of rotatable bonds is 5. The number of halogens is 1. The Morgan fingerprint density at radius 3 is 2.74 bits per heavy atom. The molecule has 1 saturated carbocycles. The van der Waals surface area contributed by atoms with Crippen molar-refractivity contribution in [1.82, 2.24) is 15.1 Å². The largest absolute Gasteiger partial charge is 0.311 e. The van der Waals surface area contributed by atoms with Crippen molar-refractivity contribution in [2.24, 2.45) is 5.92 Å². The van der Waals surface area contributed by atoms with E-state index in [1.165, 1.54) is 48.1 Å². The van der Waals surface area contributed by atoms with Gasteiger partial charge in [0, 0.05) is 18.5 Å². The molecule has 19 heavy (non-hydrogen) atoms. The molecule has 2 heterocycles. The lowest BCUT2D eigenvalue weighted by Crippen LogP contribution is -2.44. The molecule has 1 aliphatic heterocycles. The number of hydrogen-bond donors (Lipinski definition) is 1. The van der Waals surface area contributed by atoms with Crippen LogP contribution in [0.4, 0.5) is 0 Å². The Balaban J connectivity index is 1.91. The number of aryl methyl sites for hydroxylation is 2. The molecule has 0 radical (unpaired) electrons. The van der Waals surface area contributed by atoms with Gasteiger partial charge in [-0.05, 0) is 67.4 Å². The van der Waals surface area contributed by atoms with Gasteiger partial charge in [-0.25, -0.2) is 0 Å². The molecule has 1 N–H and O–H groups in total. The molecule has 4 heteroatoms. The monoisotopic (exact) mass is 325 g/mol. The molecule has 2 fully saturated rings. The Kier molecular flexibility index (Phi) is 3.73. The molecule has 1 aromatic rings. The van der Waals surface area contributed by atoms with Gasteiger partial charge >= 0.3 is 0 Å². The lowest BCUT2D eigenvalue weighted by Gasteiger charge is -2.30. The van der Waals surface area contributed by atoms with Crippen molar-refractivity contribution in [2.45, 2.75) is 64.5 Å². The van der Waals surface area contributed by atoms with Gasteiger partial charge in [-0.1, -0.05) is 6.92 Å². The second-order valence-corrected chi connectivity index (χ2v) is 6.81. The normalized spacial score (nSPS) is 27.1. The van der Waals surface area contributed by atoms with Gasteiger partial charge in [0.1, 0.15) is 0 Å². The Morgan fingerprint density at radius 1 is 1.42 bits per heavy atom. The van der Waals surface area contributed by atoms with Crippen LogP contribution in [0.15, 0.2) is 4.47 Å². The van der Waals surface area contributed by atoms with Crippen molar-refractivity contribution in [3.05, 3.63) is 15.9 Å². The third kappa shape index (κ3) is 2.38. The minimum atomic E-state index is 0.362. The highest BCUT2D eigenvalue weighted by molar-refractivity contribution is 9.10. The molecule has 3 nitrogen and oxygen atoms in total. The number of nitrogens with zero attached hydrogens (tertiary/aromatic N) is 2. The summed E-state index contributed by atoms with van der Waals surface area (Å²) in [7, 11) is 0. The molecule has 2 aliphatic rings. The second-order valence-electron chi connectivity index (χ2n) is 6.01. The van der Waals surface area contributed by atoms with Gasteiger partial charge in [-0.15, -0.1) is 0 Å². The number of aromatic nitrogens is 2. The predicted octanol–water partition coefficient (Wildman–Crippen LogP) is 3.30. The van der Waals surface area contributed by atoms with E-state index >= 15 is 0 Å². The fourth-order valence-electron chi connectivity index (χ4n) is 3.59. The zero-order valence-electron chi connectivity index (χ0n) is 12.0. The van der Waals surface area contributed by atoms with Crippen LogP contribution in [0, 0.1) is 5.92 Å². The first-order chi connectivity index (χ1) is 9.20. The maximum absolute atomic E-state index is 4.74. The topological polar surface area (TPSA) is 29.9 Å². The summed E-state index contributed by atoms with van der Waals surface area (Å²) in [5.41, 5.74) is 2.97. The molecule has 106 valence electrons. The average Bonchev–Trinajstić information content (AvgIpc) is 3.11. The van der Waals surface area contributed by atoms with Gasteiger partial charge in [-0.2, -0.15) is 5.10 Å². The van der Waals surface area contributed by atoms with Crippen molar-refractivity contribution in [2.75, 3.05) is 6.54 Å². The van der Waals surface area contributed by atoms with E-state index in [2.05, 4.69) is 39.8 Å². The zero-order valence-corrected chi connectivity index (χ0v) is 13.6.